The molecule has 0 N–H and O–H groups in total. The van der Waals surface area contributed by atoms with E-state index < -0.39 is 11.9 Å². The fourth-order valence-electron chi connectivity index (χ4n) is 2.51. The van der Waals surface area contributed by atoms with Crippen LogP contribution in [0.15, 0.2) is 53.1 Å². The summed E-state index contributed by atoms with van der Waals surface area (Å²) in [4.78, 5) is 37.9. The molecule has 0 aliphatic heterocycles. The number of nitrogens with zero attached hydrogens (tertiary/aromatic N) is 3. The Balaban J connectivity index is 1.87. The molecule has 3 aromatic rings. The minimum Gasteiger partial charge on any atom is -0.497 e. The van der Waals surface area contributed by atoms with Gasteiger partial charge in [0.05, 0.1) is 12.8 Å². The summed E-state index contributed by atoms with van der Waals surface area (Å²) in [7, 11) is 1.58. The van der Waals surface area contributed by atoms with Gasteiger partial charge in [-0.15, -0.1) is 0 Å². The highest BCUT2D eigenvalue weighted by Crippen LogP contribution is 2.25. The predicted molar refractivity (Wildman–Crippen MR) is 99.1 cm³/mol. The van der Waals surface area contributed by atoms with Crippen LogP contribution in [0, 0.1) is 6.92 Å². The van der Waals surface area contributed by atoms with Crippen molar-refractivity contribution in [2.24, 2.45) is 0 Å². The number of rotatable bonds is 5. The van der Waals surface area contributed by atoms with Crippen LogP contribution in [0.3, 0.4) is 0 Å². The molecular formula is C20H19N3O5. The summed E-state index contributed by atoms with van der Waals surface area (Å²) in [6.07, 6.45) is 1.59. The maximum Gasteiger partial charge on any atom is 0.329 e. The van der Waals surface area contributed by atoms with Crippen LogP contribution < -0.4 is 4.74 Å². The van der Waals surface area contributed by atoms with Gasteiger partial charge in [0.15, 0.2) is 5.69 Å². The number of pyridine rings is 1. The molecule has 0 radical (unpaired) electrons. The van der Waals surface area contributed by atoms with Crippen molar-refractivity contribution in [2.75, 3.05) is 7.11 Å². The number of ether oxygens (including phenoxy) is 1. The van der Waals surface area contributed by atoms with Crippen molar-refractivity contribution >= 4 is 11.9 Å². The first-order valence-corrected chi connectivity index (χ1v) is 8.50. The van der Waals surface area contributed by atoms with Gasteiger partial charge in [0.1, 0.15) is 18.1 Å². The zero-order valence-corrected chi connectivity index (χ0v) is 15.7. The molecule has 1 amide bonds. The second kappa shape index (κ2) is 8.34. The highest BCUT2D eigenvalue weighted by Gasteiger charge is 2.26. The van der Waals surface area contributed by atoms with Crippen LogP contribution >= 0.6 is 0 Å². The average Bonchev–Trinajstić information content (AvgIpc) is 3.09. The van der Waals surface area contributed by atoms with Crippen molar-refractivity contribution in [3.05, 3.63) is 65.8 Å². The summed E-state index contributed by atoms with van der Waals surface area (Å²) in [6.45, 7) is 2.83. The number of carbonyl (C=O) groups excluding carboxylic acids is 2. The molecule has 3 rings (SSSR count). The standard InChI is InChI=1S/C20H19N3O5/c1-13-18(22-19(27-13)15-7-9-17(26-3)10-8-15)20(25)23(28-14(2)24)12-16-6-4-5-11-21-16/h4-11H,12H2,1-3H3. The maximum atomic E-state index is 12.9. The molecule has 8 nitrogen and oxygen atoms in total. The average molecular weight is 381 g/mol. The highest BCUT2D eigenvalue weighted by atomic mass is 16.7. The van der Waals surface area contributed by atoms with Crippen LogP contribution in [0.5, 0.6) is 5.75 Å². The number of benzene rings is 1. The fraction of sp³-hybridized carbons (Fsp3) is 0.200. The summed E-state index contributed by atoms with van der Waals surface area (Å²) in [5.74, 6) is 0.0699. The van der Waals surface area contributed by atoms with E-state index in [1.54, 1.807) is 62.7 Å². The number of hydrogen-bond donors (Lipinski definition) is 0. The van der Waals surface area contributed by atoms with Gasteiger partial charge in [-0.25, -0.2) is 4.98 Å². The molecule has 0 aliphatic rings. The van der Waals surface area contributed by atoms with E-state index in [0.717, 1.165) is 5.06 Å². The summed E-state index contributed by atoms with van der Waals surface area (Å²) in [5, 5.41) is 0.924. The third kappa shape index (κ3) is 4.35. The topological polar surface area (TPSA) is 94.8 Å². The number of aromatic nitrogens is 2. The molecule has 28 heavy (non-hydrogen) atoms. The van der Waals surface area contributed by atoms with E-state index in [-0.39, 0.29) is 18.1 Å². The van der Waals surface area contributed by atoms with Crippen LogP contribution in [0.4, 0.5) is 0 Å². The monoisotopic (exact) mass is 381 g/mol. The number of hydrogen-bond acceptors (Lipinski definition) is 7. The molecule has 1 aromatic carbocycles. The lowest BCUT2D eigenvalue weighted by Crippen LogP contribution is -2.33. The van der Waals surface area contributed by atoms with Crippen molar-refractivity contribution in [3.63, 3.8) is 0 Å². The normalized spacial score (nSPS) is 10.4. The molecule has 0 bridgehead atoms. The van der Waals surface area contributed by atoms with Gasteiger partial charge >= 0.3 is 11.9 Å². The second-order valence-electron chi connectivity index (χ2n) is 5.90. The lowest BCUT2D eigenvalue weighted by atomic mass is 10.2. The molecule has 0 atom stereocenters. The predicted octanol–water partition coefficient (Wildman–Crippen LogP) is 3.17. The first-order chi connectivity index (χ1) is 13.5. The van der Waals surface area contributed by atoms with E-state index in [1.807, 2.05) is 0 Å². The fourth-order valence-corrected chi connectivity index (χ4v) is 2.51. The molecule has 0 saturated carbocycles. The SMILES string of the molecule is COc1ccc(-c2nc(C(=O)N(Cc3ccccn3)OC(C)=O)c(C)o2)cc1. The molecule has 2 heterocycles. The zero-order chi connectivity index (χ0) is 20.1. The van der Waals surface area contributed by atoms with Crippen molar-refractivity contribution in [1.29, 1.82) is 0 Å². The number of aryl methyl sites for hydroxylation is 1. The molecule has 0 saturated heterocycles. The Hall–Kier alpha value is -3.68. The number of oxazole rings is 1. The van der Waals surface area contributed by atoms with Gasteiger partial charge in [-0.1, -0.05) is 6.07 Å². The molecule has 0 fully saturated rings. The van der Waals surface area contributed by atoms with E-state index in [1.165, 1.54) is 6.92 Å². The molecule has 2 aromatic heterocycles. The Kier molecular flexibility index (Phi) is 5.69. The van der Waals surface area contributed by atoms with Gasteiger partial charge < -0.3 is 14.0 Å². The van der Waals surface area contributed by atoms with Gasteiger partial charge in [-0.2, -0.15) is 5.06 Å². The van der Waals surface area contributed by atoms with Crippen molar-refractivity contribution in [1.82, 2.24) is 15.0 Å². The van der Waals surface area contributed by atoms with Gasteiger partial charge in [0.2, 0.25) is 5.89 Å². The Labute approximate surface area is 161 Å². The van der Waals surface area contributed by atoms with Crippen molar-refractivity contribution < 1.29 is 23.6 Å². The Morgan fingerprint density at radius 1 is 1.14 bits per heavy atom. The summed E-state index contributed by atoms with van der Waals surface area (Å²) in [6, 6.07) is 12.3. The molecule has 0 aliphatic carbocycles. The quantitative estimate of drug-likeness (QED) is 0.627. The Morgan fingerprint density at radius 3 is 2.50 bits per heavy atom. The Bertz CT molecular complexity index is 967. The van der Waals surface area contributed by atoms with Crippen LogP contribution in [-0.4, -0.2) is 34.0 Å². The minimum absolute atomic E-state index is 0.0105. The van der Waals surface area contributed by atoms with Gasteiger partial charge in [0.25, 0.3) is 0 Å². The second-order valence-corrected chi connectivity index (χ2v) is 5.90. The zero-order valence-electron chi connectivity index (χ0n) is 15.7. The van der Waals surface area contributed by atoms with Crippen molar-refractivity contribution in [2.45, 2.75) is 20.4 Å². The smallest absolute Gasteiger partial charge is 0.329 e. The molecule has 0 spiro atoms. The number of carbonyl (C=O) groups is 2. The van der Waals surface area contributed by atoms with E-state index in [2.05, 4.69) is 9.97 Å². The van der Waals surface area contributed by atoms with Crippen LogP contribution in [0.25, 0.3) is 11.5 Å². The van der Waals surface area contributed by atoms with Gasteiger partial charge in [-0.3, -0.25) is 14.6 Å². The number of amides is 1. The Morgan fingerprint density at radius 2 is 1.89 bits per heavy atom. The lowest BCUT2D eigenvalue weighted by Gasteiger charge is -2.19. The molecular weight excluding hydrogens is 362 g/mol. The minimum atomic E-state index is -0.624. The van der Waals surface area contributed by atoms with E-state index in [9.17, 15) is 9.59 Å². The van der Waals surface area contributed by atoms with Crippen LogP contribution in [0.1, 0.15) is 28.9 Å². The molecule has 8 heteroatoms. The molecule has 0 unspecified atom stereocenters. The van der Waals surface area contributed by atoms with E-state index in [4.69, 9.17) is 14.0 Å². The van der Waals surface area contributed by atoms with Crippen LogP contribution in [-0.2, 0) is 16.2 Å². The summed E-state index contributed by atoms with van der Waals surface area (Å²) < 4.78 is 10.8. The first kappa shape index (κ1) is 19.1. The van der Waals surface area contributed by atoms with Crippen molar-refractivity contribution in [3.8, 4) is 17.2 Å². The van der Waals surface area contributed by atoms with E-state index >= 15 is 0 Å². The maximum absolute atomic E-state index is 12.9. The van der Waals surface area contributed by atoms with Crippen LogP contribution in [0.2, 0.25) is 0 Å². The lowest BCUT2D eigenvalue weighted by molar-refractivity contribution is -0.177. The first-order valence-electron chi connectivity index (χ1n) is 8.50. The third-order valence-corrected chi connectivity index (χ3v) is 3.83. The van der Waals surface area contributed by atoms with E-state index in [0.29, 0.717) is 22.8 Å². The van der Waals surface area contributed by atoms with Gasteiger partial charge in [-0.05, 0) is 43.3 Å². The summed E-state index contributed by atoms with van der Waals surface area (Å²) >= 11 is 0. The third-order valence-electron chi connectivity index (χ3n) is 3.83. The molecule has 144 valence electrons. The largest absolute Gasteiger partial charge is 0.497 e. The summed E-state index contributed by atoms with van der Waals surface area (Å²) in [5.41, 5.74) is 1.31. The highest BCUT2D eigenvalue weighted by molar-refractivity contribution is 5.93. The number of hydroxylamine groups is 2. The van der Waals surface area contributed by atoms with Gasteiger partial charge in [0, 0.05) is 18.7 Å². The number of methoxy groups -OCH3 is 1.